The highest BCUT2D eigenvalue weighted by Crippen LogP contribution is 2.43. The summed E-state index contributed by atoms with van der Waals surface area (Å²) in [6.07, 6.45) is -6.00. The maximum absolute atomic E-state index is 13.0. The lowest BCUT2D eigenvalue weighted by atomic mass is 9.78. The molecule has 0 spiro atoms. The zero-order chi connectivity index (χ0) is 27.9. The van der Waals surface area contributed by atoms with Crippen molar-refractivity contribution in [3.63, 3.8) is 0 Å². The first-order valence-electron chi connectivity index (χ1n) is 12.8. The lowest BCUT2D eigenvalue weighted by Crippen LogP contribution is -2.49. The number of halogens is 6. The van der Waals surface area contributed by atoms with E-state index in [9.17, 15) is 35.9 Å². The van der Waals surface area contributed by atoms with Gasteiger partial charge in [0.1, 0.15) is 0 Å². The lowest BCUT2D eigenvalue weighted by molar-refractivity contribution is -0.207. The van der Waals surface area contributed by atoms with E-state index in [4.69, 9.17) is 9.47 Å². The maximum atomic E-state index is 13.0. The molecule has 0 aliphatic heterocycles. The average Bonchev–Trinajstić information content (AvgIpc) is 2.82. The Kier molecular flexibility index (Phi) is 10.9. The first-order chi connectivity index (χ1) is 17.2. The normalized spacial score (nSPS) is 23.0. The number of esters is 2. The molecule has 2 aliphatic rings. The quantitative estimate of drug-likeness (QED) is 0.287. The molecule has 1 aromatic carbocycles. The van der Waals surface area contributed by atoms with E-state index in [2.05, 4.69) is 0 Å². The van der Waals surface area contributed by atoms with Gasteiger partial charge in [-0.3, -0.25) is 4.79 Å². The van der Waals surface area contributed by atoms with Crippen LogP contribution in [0.4, 0.5) is 26.3 Å². The molecule has 0 unspecified atom stereocenters. The van der Waals surface area contributed by atoms with Gasteiger partial charge >= 0.3 is 24.3 Å². The van der Waals surface area contributed by atoms with Crippen molar-refractivity contribution in [1.29, 1.82) is 0 Å². The topological polar surface area (TPSA) is 52.6 Å². The van der Waals surface area contributed by atoms with Crippen molar-refractivity contribution in [2.75, 3.05) is 6.61 Å². The van der Waals surface area contributed by atoms with Crippen LogP contribution in [0, 0.1) is 25.7 Å². The van der Waals surface area contributed by atoms with Crippen LogP contribution in [0.2, 0.25) is 0 Å². The molecule has 37 heavy (non-hydrogen) atoms. The Morgan fingerprint density at radius 3 is 1.92 bits per heavy atom. The van der Waals surface area contributed by atoms with Crippen LogP contribution < -0.4 is 0 Å². The van der Waals surface area contributed by atoms with Crippen LogP contribution in [0.5, 0.6) is 0 Å². The highest BCUT2D eigenvalue weighted by molar-refractivity contribution is 5.84. The molecule has 2 saturated carbocycles. The van der Waals surface area contributed by atoms with E-state index < -0.39 is 41.7 Å². The molecule has 0 atom stereocenters. The summed E-state index contributed by atoms with van der Waals surface area (Å²) in [6.45, 7) is 5.42. The molecule has 3 rings (SSSR count). The molecule has 2 fully saturated rings. The monoisotopic (exact) mass is 538 g/mol. The van der Waals surface area contributed by atoms with Crippen molar-refractivity contribution in [1.82, 2.24) is 0 Å². The van der Waals surface area contributed by atoms with E-state index >= 15 is 0 Å². The summed E-state index contributed by atoms with van der Waals surface area (Å²) in [6, 6.07) is 5.66. The summed E-state index contributed by atoms with van der Waals surface area (Å²) < 4.78 is 85.2. The largest absolute Gasteiger partial charge is 0.463 e. The van der Waals surface area contributed by atoms with Gasteiger partial charge in [0.2, 0.25) is 5.60 Å². The lowest BCUT2D eigenvalue weighted by Gasteiger charge is -2.37. The molecule has 2 aliphatic carbocycles. The third kappa shape index (κ3) is 9.21. The van der Waals surface area contributed by atoms with Crippen LogP contribution in [0.3, 0.4) is 0 Å². The van der Waals surface area contributed by atoms with E-state index in [0.29, 0.717) is 12.8 Å². The van der Waals surface area contributed by atoms with Gasteiger partial charge in [0.15, 0.2) is 0 Å². The standard InChI is InChI=1S/C20H25F3O4.C7H11F3/c1-4-26-18(25)19(9-7-16(8-10-19)20(21,22)23)27-17(24)12-15-11-13(2)5-6-14(15)3;8-7(9,10)6-4-2-1-3-5-6/h5-6,11,16H,4,7-10,12H2,1-3H3;6H,1-5H2. The first kappa shape index (κ1) is 31.0. The van der Waals surface area contributed by atoms with Crippen molar-refractivity contribution in [2.45, 2.75) is 103 Å². The van der Waals surface area contributed by atoms with Crippen LogP contribution in [0.15, 0.2) is 18.2 Å². The Hall–Kier alpha value is -2.26. The fourth-order valence-electron chi connectivity index (χ4n) is 4.85. The third-order valence-corrected chi connectivity index (χ3v) is 7.12. The number of hydrogen-bond donors (Lipinski definition) is 0. The predicted molar refractivity (Wildman–Crippen MR) is 126 cm³/mol. The number of rotatable bonds is 5. The molecule has 10 heteroatoms. The summed E-state index contributed by atoms with van der Waals surface area (Å²) in [5.74, 6) is -3.89. The van der Waals surface area contributed by atoms with Crippen molar-refractivity contribution >= 4 is 11.9 Å². The van der Waals surface area contributed by atoms with Gasteiger partial charge in [0.25, 0.3) is 0 Å². The molecule has 0 saturated heterocycles. The fourth-order valence-corrected chi connectivity index (χ4v) is 4.85. The number of carbonyl (C=O) groups excluding carboxylic acids is 2. The minimum absolute atomic E-state index is 0.0443. The summed E-state index contributed by atoms with van der Waals surface area (Å²) in [4.78, 5) is 24.9. The van der Waals surface area contributed by atoms with Crippen molar-refractivity contribution in [3.05, 3.63) is 34.9 Å². The van der Waals surface area contributed by atoms with Crippen molar-refractivity contribution in [3.8, 4) is 0 Å². The van der Waals surface area contributed by atoms with E-state index in [1.165, 1.54) is 0 Å². The van der Waals surface area contributed by atoms with Gasteiger partial charge in [0, 0.05) is 0 Å². The summed E-state index contributed by atoms with van der Waals surface area (Å²) >= 11 is 0. The van der Waals surface area contributed by atoms with Gasteiger partial charge in [-0.05, 0) is 70.4 Å². The van der Waals surface area contributed by atoms with E-state index in [0.717, 1.165) is 36.0 Å². The van der Waals surface area contributed by atoms with E-state index in [1.807, 2.05) is 32.0 Å². The minimum Gasteiger partial charge on any atom is -0.463 e. The SMILES string of the molecule is CCOC(=O)C1(OC(=O)Cc2cc(C)ccc2C)CCC(C(F)(F)F)CC1.FC(F)(F)C1CCCCC1. The molecule has 0 bridgehead atoms. The Morgan fingerprint density at radius 1 is 0.892 bits per heavy atom. The Labute approximate surface area is 214 Å². The second-order valence-electron chi connectivity index (χ2n) is 9.99. The molecule has 0 aromatic heterocycles. The number of alkyl halides is 6. The molecular formula is C27H36F6O4. The summed E-state index contributed by atoms with van der Waals surface area (Å²) in [5.41, 5.74) is 1.02. The van der Waals surface area contributed by atoms with Gasteiger partial charge in [-0.2, -0.15) is 26.3 Å². The smallest absolute Gasteiger partial charge is 0.391 e. The molecule has 0 amide bonds. The number of aryl methyl sites for hydroxylation is 2. The van der Waals surface area contributed by atoms with Crippen LogP contribution in [0.25, 0.3) is 0 Å². The van der Waals surface area contributed by atoms with E-state index in [-0.39, 0.29) is 38.7 Å². The molecular weight excluding hydrogens is 502 g/mol. The van der Waals surface area contributed by atoms with Gasteiger partial charge in [0.05, 0.1) is 24.9 Å². The predicted octanol–water partition coefficient (Wildman–Crippen LogP) is 7.57. The summed E-state index contributed by atoms with van der Waals surface area (Å²) in [7, 11) is 0. The van der Waals surface area contributed by atoms with Gasteiger partial charge in [-0.15, -0.1) is 0 Å². The van der Waals surface area contributed by atoms with Crippen LogP contribution >= 0.6 is 0 Å². The fraction of sp³-hybridized carbons (Fsp3) is 0.704. The molecule has 1 aromatic rings. The highest BCUT2D eigenvalue weighted by Gasteiger charge is 2.52. The number of hydrogen-bond acceptors (Lipinski definition) is 4. The maximum Gasteiger partial charge on any atom is 0.391 e. The second-order valence-corrected chi connectivity index (χ2v) is 9.99. The molecule has 0 heterocycles. The Morgan fingerprint density at radius 2 is 1.43 bits per heavy atom. The molecule has 4 nitrogen and oxygen atoms in total. The second kappa shape index (κ2) is 13.0. The van der Waals surface area contributed by atoms with E-state index in [1.54, 1.807) is 6.92 Å². The number of benzene rings is 1. The Bertz CT molecular complexity index is 895. The zero-order valence-electron chi connectivity index (χ0n) is 21.6. The number of ether oxygens (including phenoxy) is 2. The van der Waals surface area contributed by atoms with Crippen molar-refractivity contribution in [2.24, 2.45) is 11.8 Å². The van der Waals surface area contributed by atoms with Gasteiger partial charge in [-0.25, -0.2) is 4.79 Å². The molecule has 210 valence electrons. The van der Waals surface area contributed by atoms with Gasteiger partial charge in [-0.1, -0.05) is 43.0 Å². The number of carbonyl (C=O) groups is 2. The van der Waals surface area contributed by atoms with Crippen LogP contribution in [-0.2, 0) is 25.5 Å². The third-order valence-electron chi connectivity index (χ3n) is 7.12. The van der Waals surface area contributed by atoms with Gasteiger partial charge < -0.3 is 9.47 Å². The molecule has 0 N–H and O–H groups in total. The van der Waals surface area contributed by atoms with Crippen LogP contribution in [-0.4, -0.2) is 36.5 Å². The zero-order valence-corrected chi connectivity index (χ0v) is 21.6. The first-order valence-corrected chi connectivity index (χ1v) is 12.8. The Balaban J connectivity index is 0.000000402. The van der Waals surface area contributed by atoms with Crippen LogP contribution in [0.1, 0.15) is 81.4 Å². The highest BCUT2D eigenvalue weighted by atomic mass is 19.4. The van der Waals surface area contributed by atoms with Crippen molar-refractivity contribution < 1.29 is 45.4 Å². The minimum atomic E-state index is -4.32. The molecule has 0 radical (unpaired) electrons. The average molecular weight is 539 g/mol. The summed E-state index contributed by atoms with van der Waals surface area (Å²) in [5, 5.41) is 0.